The molecule has 0 amide bonds. The lowest BCUT2D eigenvalue weighted by molar-refractivity contribution is 0.0207. The molecule has 0 spiro atoms. The third kappa shape index (κ3) is 7.80. The van der Waals surface area contributed by atoms with Crippen LogP contribution in [0, 0.1) is 0 Å². The summed E-state index contributed by atoms with van der Waals surface area (Å²) >= 11 is 0. The fraction of sp³-hybridized carbons (Fsp3) is 0.140. The van der Waals surface area contributed by atoms with Gasteiger partial charge in [0.05, 0.1) is 0 Å². The van der Waals surface area contributed by atoms with Crippen LogP contribution in [0.2, 0.25) is 0 Å². The maximum absolute atomic E-state index is 13.9. The van der Waals surface area contributed by atoms with Crippen molar-refractivity contribution in [3.05, 3.63) is 185 Å². The average molecular weight is 665 g/mol. The van der Waals surface area contributed by atoms with E-state index in [1.807, 2.05) is 121 Å². The van der Waals surface area contributed by atoms with Crippen molar-refractivity contribution < 1.29 is 33.6 Å². The number of hydrogen-bond acceptors (Lipinski definition) is 7. The van der Waals surface area contributed by atoms with E-state index in [1.165, 1.54) is 0 Å². The molecule has 1 aliphatic rings. The Balaban J connectivity index is 1.19. The highest BCUT2D eigenvalue weighted by Gasteiger charge is 2.40. The molecule has 2 atom stereocenters. The molecule has 7 rings (SSSR count). The molecule has 0 saturated heterocycles. The van der Waals surface area contributed by atoms with Gasteiger partial charge in [-0.2, -0.15) is 0 Å². The predicted molar refractivity (Wildman–Crippen MR) is 190 cm³/mol. The smallest absolute Gasteiger partial charge is 0.202 e. The van der Waals surface area contributed by atoms with Crippen molar-refractivity contribution in [2.24, 2.45) is 0 Å². The molecule has 6 aromatic rings. The molecule has 1 N–H and O–H groups in total. The normalized spacial score (nSPS) is 15.0. The van der Waals surface area contributed by atoms with Gasteiger partial charge in [-0.25, -0.2) is 0 Å². The summed E-state index contributed by atoms with van der Waals surface area (Å²) in [7, 11) is 0. The molecule has 0 bridgehead atoms. The lowest BCUT2D eigenvalue weighted by atomic mass is 9.92. The van der Waals surface area contributed by atoms with Gasteiger partial charge >= 0.3 is 0 Å². The molecule has 6 aromatic carbocycles. The summed E-state index contributed by atoms with van der Waals surface area (Å²) in [4.78, 5) is 13.9. The zero-order chi connectivity index (χ0) is 34.1. The van der Waals surface area contributed by atoms with Crippen LogP contribution in [0.15, 0.2) is 152 Å². The molecule has 0 radical (unpaired) electrons. The van der Waals surface area contributed by atoms with E-state index < -0.39 is 18.0 Å². The number of benzene rings is 6. The number of aliphatic hydroxyl groups excluding tert-OH is 1. The second kappa shape index (κ2) is 15.4. The monoisotopic (exact) mass is 664 g/mol. The van der Waals surface area contributed by atoms with Crippen molar-refractivity contribution in [1.82, 2.24) is 0 Å². The Kier molecular flexibility index (Phi) is 10.0. The number of carbonyl (C=O) groups excluding carboxylic acids is 1. The maximum atomic E-state index is 13.9. The first-order valence-electron chi connectivity index (χ1n) is 16.5. The zero-order valence-corrected chi connectivity index (χ0v) is 27.3. The number of ether oxygens (including phenoxy) is 5. The second-order valence-electron chi connectivity index (χ2n) is 11.9. The van der Waals surface area contributed by atoms with Gasteiger partial charge in [0, 0.05) is 12.1 Å². The standard InChI is InChI=1S/C43H36O7/c44-41-40-38(49-29-33-19-11-4-12-20-33)24-35(46-26-30-13-5-1-6-14-30)25-39(40)50-43(42(41)45)34-21-22-36(47-27-31-15-7-2-8-16-31)37(23-34)48-28-32-17-9-3-10-18-32/h1-25,42-43,45H,26-29H2/t42-,43+/m0/s1. The molecule has 0 unspecified atom stereocenters. The van der Waals surface area contributed by atoms with Crippen LogP contribution in [0.5, 0.6) is 28.7 Å². The van der Waals surface area contributed by atoms with Crippen LogP contribution < -0.4 is 23.7 Å². The molecule has 0 aromatic heterocycles. The minimum Gasteiger partial charge on any atom is -0.489 e. The van der Waals surface area contributed by atoms with Gasteiger partial charge in [-0.15, -0.1) is 0 Å². The van der Waals surface area contributed by atoms with E-state index in [-0.39, 0.29) is 23.7 Å². The van der Waals surface area contributed by atoms with Crippen LogP contribution in [0.1, 0.15) is 44.3 Å². The van der Waals surface area contributed by atoms with Crippen LogP contribution in [0.25, 0.3) is 0 Å². The molecule has 0 aliphatic carbocycles. The highest BCUT2D eigenvalue weighted by Crippen LogP contribution is 2.44. The van der Waals surface area contributed by atoms with Crippen LogP contribution >= 0.6 is 0 Å². The maximum Gasteiger partial charge on any atom is 0.202 e. The van der Waals surface area contributed by atoms with E-state index in [2.05, 4.69) is 0 Å². The minimum absolute atomic E-state index is 0.167. The first-order valence-corrected chi connectivity index (χ1v) is 16.5. The summed E-state index contributed by atoms with van der Waals surface area (Å²) in [6.07, 6.45) is -2.53. The molecule has 0 saturated carbocycles. The van der Waals surface area contributed by atoms with Gasteiger partial charge in [-0.3, -0.25) is 4.79 Å². The predicted octanol–water partition coefficient (Wildman–Crippen LogP) is 8.68. The summed E-state index contributed by atoms with van der Waals surface area (Å²) in [6.45, 7) is 1.17. The number of aliphatic hydroxyl groups is 1. The summed E-state index contributed by atoms with van der Waals surface area (Å²) in [5, 5.41) is 11.5. The van der Waals surface area contributed by atoms with Gasteiger partial charge < -0.3 is 28.8 Å². The van der Waals surface area contributed by atoms with E-state index in [9.17, 15) is 9.90 Å². The van der Waals surface area contributed by atoms with E-state index in [0.717, 1.165) is 22.3 Å². The molecule has 1 heterocycles. The fourth-order valence-electron chi connectivity index (χ4n) is 5.72. The van der Waals surface area contributed by atoms with Crippen molar-refractivity contribution in [1.29, 1.82) is 0 Å². The van der Waals surface area contributed by atoms with Gasteiger partial charge in [-0.05, 0) is 39.9 Å². The van der Waals surface area contributed by atoms with Crippen LogP contribution in [0.3, 0.4) is 0 Å². The summed E-state index contributed by atoms with van der Waals surface area (Å²) in [5.41, 5.74) is 4.62. The number of fused-ring (bicyclic) bond motifs is 1. The van der Waals surface area contributed by atoms with Gasteiger partial charge in [-0.1, -0.05) is 127 Å². The van der Waals surface area contributed by atoms with Crippen molar-refractivity contribution in [3.63, 3.8) is 0 Å². The Labute approximate surface area is 291 Å². The van der Waals surface area contributed by atoms with Crippen LogP contribution in [0.4, 0.5) is 0 Å². The fourth-order valence-corrected chi connectivity index (χ4v) is 5.72. The summed E-state index contributed by atoms with van der Waals surface area (Å²) < 4.78 is 31.2. The topological polar surface area (TPSA) is 83.5 Å². The first-order chi connectivity index (χ1) is 24.6. The highest BCUT2D eigenvalue weighted by molar-refractivity contribution is 6.05. The molecule has 1 aliphatic heterocycles. The van der Waals surface area contributed by atoms with Crippen LogP contribution in [-0.2, 0) is 26.4 Å². The van der Waals surface area contributed by atoms with Crippen molar-refractivity contribution in [3.8, 4) is 28.7 Å². The Hall–Kier alpha value is -6.05. The lowest BCUT2D eigenvalue weighted by Gasteiger charge is -2.31. The van der Waals surface area contributed by atoms with Crippen LogP contribution in [-0.4, -0.2) is 17.0 Å². The zero-order valence-electron chi connectivity index (χ0n) is 27.3. The molecule has 7 nitrogen and oxygen atoms in total. The van der Waals surface area contributed by atoms with Gasteiger partial charge in [0.1, 0.15) is 49.2 Å². The Bertz CT molecular complexity index is 2020. The van der Waals surface area contributed by atoms with Gasteiger partial charge in [0.2, 0.25) is 5.78 Å². The number of hydrogen-bond donors (Lipinski definition) is 1. The number of carbonyl (C=O) groups is 1. The molecular formula is C43H36O7. The number of rotatable bonds is 13. The third-order valence-corrected chi connectivity index (χ3v) is 8.35. The average Bonchev–Trinajstić information content (AvgIpc) is 3.17. The molecule has 250 valence electrons. The van der Waals surface area contributed by atoms with Crippen molar-refractivity contribution in [2.75, 3.05) is 0 Å². The Morgan fingerprint density at radius 1 is 0.500 bits per heavy atom. The third-order valence-electron chi connectivity index (χ3n) is 8.35. The van der Waals surface area contributed by atoms with E-state index in [4.69, 9.17) is 23.7 Å². The summed E-state index contributed by atoms with van der Waals surface area (Å²) in [5.74, 6) is 1.48. The summed E-state index contributed by atoms with van der Waals surface area (Å²) in [6, 6.07) is 47.8. The van der Waals surface area contributed by atoms with E-state index in [0.29, 0.717) is 42.6 Å². The first kappa shape index (κ1) is 32.5. The molecule has 50 heavy (non-hydrogen) atoms. The molecule has 7 heteroatoms. The molecule has 0 fully saturated rings. The minimum atomic E-state index is -1.50. The Morgan fingerprint density at radius 2 is 0.960 bits per heavy atom. The number of Topliss-reactive ketones (excluding diaryl/α,β-unsaturated/α-hetero) is 1. The SMILES string of the molecule is O=C1c2c(OCc3ccccc3)cc(OCc3ccccc3)cc2O[C@H](c2ccc(OCc3ccccc3)c(OCc3ccccc3)c2)[C@H]1O. The second-order valence-corrected chi connectivity index (χ2v) is 11.9. The van der Waals surface area contributed by atoms with Gasteiger partial charge in [0.15, 0.2) is 23.7 Å². The van der Waals surface area contributed by atoms with Gasteiger partial charge in [0.25, 0.3) is 0 Å². The number of ketones is 1. The van der Waals surface area contributed by atoms with Crippen molar-refractivity contribution >= 4 is 5.78 Å². The highest BCUT2D eigenvalue weighted by atomic mass is 16.5. The largest absolute Gasteiger partial charge is 0.489 e. The van der Waals surface area contributed by atoms with E-state index >= 15 is 0 Å². The lowest BCUT2D eigenvalue weighted by Crippen LogP contribution is -2.36. The van der Waals surface area contributed by atoms with E-state index in [1.54, 1.807) is 30.3 Å². The Morgan fingerprint density at radius 3 is 1.48 bits per heavy atom. The quantitative estimate of drug-likeness (QED) is 0.132. The van der Waals surface area contributed by atoms with Crippen molar-refractivity contribution in [2.45, 2.75) is 38.6 Å². The molecular weight excluding hydrogens is 628 g/mol.